The summed E-state index contributed by atoms with van der Waals surface area (Å²) >= 11 is 0. The highest BCUT2D eigenvalue weighted by Gasteiger charge is 2.17. The number of nitrogen functional groups attached to an aromatic ring is 1. The molecule has 188 valence electrons. The number of amides is 1. The van der Waals surface area contributed by atoms with Gasteiger partial charge in [-0.1, -0.05) is 12.2 Å². The Balaban J connectivity index is 1.85. The van der Waals surface area contributed by atoms with E-state index in [4.69, 9.17) is 35.5 Å². The molecule has 2 aromatic rings. The van der Waals surface area contributed by atoms with E-state index in [-0.39, 0.29) is 50.3 Å². The average molecular weight is 479 g/mol. The molecule has 0 radical (unpaired) electrons. The number of aromatic nitrogens is 2. The molecule has 0 aliphatic rings. The molecule has 34 heavy (non-hydrogen) atoms. The summed E-state index contributed by atoms with van der Waals surface area (Å²) in [4.78, 5) is 27.6. The lowest BCUT2D eigenvalue weighted by atomic mass is 10.1. The van der Waals surface area contributed by atoms with E-state index in [0.29, 0.717) is 36.5 Å². The predicted molar refractivity (Wildman–Crippen MR) is 126 cm³/mol. The number of imidazole rings is 1. The Bertz CT molecular complexity index is 995. The minimum Gasteiger partial charge on any atom is -0.489 e. The predicted octanol–water partition coefficient (Wildman–Crippen LogP) is 1.41. The van der Waals surface area contributed by atoms with Gasteiger partial charge in [0.25, 0.3) is 0 Å². The molecule has 0 atom stereocenters. The fourth-order valence-electron chi connectivity index (χ4n) is 3.02. The van der Waals surface area contributed by atoms with E-state index < -0.39 is 11.5 Å². The van der Waals surface area contributed by atoms with E-state index in [1.807, 2.05) is 20.8 Å². The van der Waals surface area contributed by atoms with Gasteiger partial charge in [-0.3, -0.25) is 9.59 Å². The Kier molecular flexibility index (Phi) is 10.3. The minimum atomic E-state index is -0.611. The maximum Gasteiger partial charge on any atom is 0.308 e. The SMILES string of the molecule is CC(C)(C)OC(=O)CCOCCOCCOc1cc(C(N)=O)cc2nc(N)n(C/C=C/CO)c12. The van der Waals surface area contributed by atoms with Crippen molar-refractivity contribution in [2.45, 2.75) is 39.3 Å². The van der Waals surface area contributed by atoms with Crippen molar-refractivity contribution in [2.75, 3.05) is 45.4 Å². The number of fused-ring (bicyclic) bond motifs is 1. The first kappa shape index (κ1) is 27.1. The minimum absolute atomic E-state index is 0.0935. The van der Waals surface area contributed by atoms with Gasteiger partial charge in [0.2, 0.25) is 11.9 Å². The van der Waals surface area contributed by atoms with Crippen molar-refractivity contribution in [1.29, 1.82) is 0 Å². The topological polar surface area (TPSA) is 161 Å². The molecule has 5 N–H and O–H groups in total. The molecule has 1 heterocycles. The van der Waals surface area contributed by atoms with Crippen molar-refractivity contribution >= 4 is 28.9 Å². The number of esters is 1. The number of aliphatic hydroxyl groups excluding tert-OH is 1. The normalized spacial score (nSPS) is 11.9. The first-order valence-corrected chi connectivity index (χ1v) is 11.0. The summed E-state index contributed by atoms with van der Waals surface area (Å²) in [5, 5.41) is 8.97. The third kappa shape index (κ3) is 8.65. The number of anilines is 1. The van der Waals surface area contributed by atoms with Crippen molar-refractivity contribution in [3.63, 3.8) is 0 Å². The van der Waals surface area contributed by atoms with Crippen LogP contribution >= 0.6 is 0 Å². The van der Waals surface area contributed by atoms with E-state index in [2.05, 4.69) is 4.98 Å². The molecule has 1 aromatic carbocycles. The van der Waals surface area contributed by atoms with Gasteiger partial charge < -0.3 is 40.1 Å². The number of hydrogen-bond donors (Lipinski definition) is 3. The zero-order valence-electron chi connectivity index (χ0n) is 19.9. The number of carbonyl (C=O) groups is 2. The number of carbonyl (C=O) groups excluding carboxylic acids is 2. The molecule has 0 saturated heterocycles. The fourth-order valence-corrected chi connectivity index (χ4v) is 3.02. The van der Waals surface area contributed by atoms with Gasteiger partial charge in [0.15, 0.2) is 0 Å². The molecule has 0 aliphatic carbocycles. The molecule has 0 unspecified atom stereocenters. The van der Waals surface area contributed by atoms with E-state index in [9.17, 15) is 9.59 Å². The molecule has 1 amide bonds. The van der Waals surface area contributed by atoms with E-state index in [0.717, 1.165) is 0 Å². The van der Waals surface area contributed by atoms with Crippen LogP contribution in [0.5, 0.6) is 5.75 Å². The molecule has 11 heteroatoms. The molecule has 11 nitrogen and oxygen atoms in total. The van der Waals surface area contributed by atoms with Crippen LogP contribution in [-0.2, 0) is 25.5 Å². The highest BCUT2D eigenvalue weighted by atomic mass is 16.6. The molecule has 0 spiro atoms. The van der Waals surface area contributed by atoms with E-state index in [1.54, 1.807) is 22.8 Å². The second-order valence-corrected chi connectivity index (χ2v) is 8.35. The Labute approximate surface area is 198 Å². The van der Waals surface area contributed by atoms with Crippen LogP contribution in [0, 0.1) is 0 Å². The fraction of sp³-hybridized carbons (Fsp3) is 0.522. The molecular formula is C23H34N4O7. The maximum absolute atomic E-state index is 11.7. The monoisotopic (exact) mass is 478 g/mol. The molecule has 1 aromatic heterocycles. The number of primary amides is 1. The Hall–Kier alpha value is -3.15. The second-order valence-electron chi connectivity index (χ2n) is 8.35. The third-order valence-corrected chi connectivity index (χ3v) is 4.41. The molecular weight excluding hydrogens is 444 g/mol. The number of hydrogen-bond acceptors (Lipinski definition) is 9. The maximum atomic E-state index is 11.7. The van der Waals surface area contributed by atoms with Gasteiger partial charge in [-0.25, -0.2) is 4.98 Å². The molecule has 0 fully saturated rings. The van der Waals surface area contributed by atoms with E-state index >= 15 is 0 Å². The summed E-state index contributed by atoms with van der Waals surface area (Å²) in [5.74, 6) is -0.285. The van der Waals surface area contributed by atoms with Gasteiger partial charge in [0.05, 0.1) is 45.0 Å². The van der Waals surface area contributed by atoms with Gasteiger partial charge in [0.1, 0.15) is 23.5 Å². The number of allylic oxidation sites excluding steroid dienone is 1. The standard InChI is InChI=1S/C23H34N4O7/c1-23(2,3)34-19(29)6-9-31-10-11-32-12-13-33-18-15-16(21(24)30)14-17-20(18)27(22(25)26-17)7-4-5-8-28/h4-5,14-15,28H,6-13H2,1-3H3,(H2,24,30)(H2,25,26)/b5-4+. The highest BCUT2D eigenvalue weighted by molar-refractivity contribution is 5.98. The van der Waals surface area contributed by atoms with Crippen LogP contribution in [0.4, 0.5) is 5.95 Å². The lowest BCUT2D eigenvalue weighted by molar-refractivity contribution is -0.156. The summed E-state index contributed by atoms with van der Waals surface area (Å²) in [7, 11) is 0. The number of nitrogens with two attached hydrogens (primary N) is 2. The van der Waals surface area contributed by atoms with Crippen molar-refractivity contribution in [1.82, 2.24) is 9.55 Å². The second kappa shape index (κ2) is 12.9. The molecule has 0 bridgehead atoms. The van der Waals surface area contributed by atoms with Crippen molar-refractivity contribution in [3.8, 4) is 5.75 Å². The van der Waals surface area contributed by atoms with Crippen molar-refractivity contribution in [3.05, 3.63) is 29.8 Å². The Morgan fingerprint density at radius 2 is 1.76 bits per heavy atom. The third-order valence-electron chi connectivity index (χ3n) is 4.41. The zero-order valence-corrected chi connectivity index (χ0v) is 19.9. The molecule has 2 rings (SSSR count). The zero-order chi connectivity index (χ0) is 25.1. The summed E-state index contributed by atoms with van der Waals surface area (Å²) in [6, 6.07) is 3.09. The van der Waals surface area contributed by atoms with Crippen LogP contribution in [-0.4, -0.2) is 71.8 Å². The van der Waals surface area contributed by atoms with Gasteiger partial charge >= 0.3 is 5.97 Å². The summed E-state index contributed by atoms with van der Waals surface area (Å²) in [6.45, 7) is 7.09. The lowest BCUT2D eigenvalue weighted by Gasteiger charge is -2.19. The molecule has 0 saturated carbocycles. The van der Waals surface area contributed by atoms with Crippen LogP contribution in [0.1, 0.15) is 37.6 Å². The van der Waals surface area contributed by atoms with Gasteiger partial charge in [0, 0.05) is 12.1 Å². The highest BCUT2D eigenvalue weighted by Crippen LogP contribution is 2.30. The van der Waals surface area contributed by atoms with E-state index in [1.165, 1.54) is 6.07 Å². The summed E-state index contributed by atoms with van der Waals surface area (Å²) in [5.41, 5.74) is 12.3. The van der Waals surface area contributed by atoms with Gasteiger partial charge in [-0.15, -0.1) is 0 Å². The summed E-state index contributed by atoms with van der Waals surface area (Å²) in [6.07, 6.45) is 3.51. The number of aliphatic hydroxyl groups is 1. The van der Waals surface area contributed by atoms with Crippen molar-refractivity contribution in [2.24, 2.45) is 5.73 Å². The Morgan fingerprint density at radius 1 is 1.09 bits per heavy atom. The average Bonchev–Trinajstić information content (AvgIpc) is 3.06. The number of ether oxygens (including phenoxy) is 4. The quantitative estimate of drug-likeness (QED) is 0.207. The molecule has 0 aliphatic heterocycles. The first-order chi connectivity index (χ1) is 16.1. The van der Waals surface area contributed by atoms with Gasteiger partial charge in [-0.05, 0) is 32.9 Å². The number of rotatable bonds is 14. The van der Waals surface area contributed by atoms with Gasteiger partial charge in [-0.2, -0.15) is 0 Å². The largest absolute Gasteiger partial charge is 0.489 e. The van der Waals surface area contributed by atoms with Crippen LogP contribution in [0.3, 0.4) is 0 Å². The number of benzene rings is 1. The van der Waals surface area contributed by atoms with Crippen LogP contribution in [0.15, 0.2) is 24.3 Å². The van der Waals surface area contributed by atoms with Crippen molar-refractivity contribution < 1.29 is 33.6 Å². The number of nitrogens with zero attached hydrogens (tertiary/aromatic N) is 2. The van der Waals surface area contributed by atoms with Crippen LogP contribution in [0.25, 0.3) is 11.0 Å². The smallest absolute Gasteiger partial charge is 0.308 e. The lowest BCUT2D eigenvalue weighted by Crippen LogP contribution is -2.24. The summed E-state index contributed by atoms with van der Waals surface area (Å²) < 4.78 is 23.7. The van der Waals surface area contributed by atoms with Crippen LogP contribution < -0.4 is 16.2 Å². The van der Waals surface area contributed by atoms with Crippen LogP contribution in [0.2, 0.25) is 0 Å². The first-order valence-electron chi connectivity index (χ1n) is 11.0. The Morgan fingerprint density at radius 3 is 2.41 bits per heavy atom.